The molecule has 0 atom stereocenters. The van der Waals surface area contributed by atoms with Gasteiger partial charge in [-0.25, -0.2) is 4.79 Å². The topological polar surface area (TPSA) is 55.8 Å². The number of hydrogen-bond donors (Lipinski definition) is 1. The molecule has 144 valence electrons. The lowest BCUT2D eigenvalue weighted by Gasteiger charge is -2.19. The van der Waals surface area contributed by atoms with E-state index in [0.717, 1.165) is 32.7 Å². The summed E-state index contributed by atoms with van der Waals surface area (Å²) in [6.45, 7) is 3.69. The molecule has 0 aliphatic carbocycles. The highest BCUT2D eigenvalue weighted by Crippen LogP contribution is 2.45. The van der Waals surface area contributed by atoms with Gasteiger partial charge in [-0.1, -0.05) is 73.3 Å². The molecular weight excluding hydrogens is 364 g/mol. The smallest absolute Gasteiger partial charge is 0.341 e. The first kappa shape index (κ1) is 18.6. The van der Waals surface area contributed by atoms with Gasteiger partial charge in [0.1, 0.15) is 18.1 Å². The average Bonchev–Trinajstić information content (AvgIpc) is 2.75. The molecule has 4 aromatic carbocycles. The normalized spacial score (nSPS) is 10.8. The molecule has 1 N–H and O–H groups in total. The molecule has 0 aliphatic heterocycles. The molecule has 4 nitrogen and oxygen atoms in total. The zero-order chi connectivity index (χ0) is 20.2. The van der Waals surface area contributed by atoms with Crippen LogP contribution in [0.2, 0.25) is 0 Å². The van der Waals surface area contributed by atoms with Gasteiger partial charge in [0.25, 0.3) is 0 Å². The summed E-state index contributed by atoms with van der Waals surface area (Å²) < 4.78 is 11.7. The van der Waals surface area contributed by atoms with Gasteiger partial charge in [-0.05, 0) is 33.7 Å². The SMILES string of the molecule is C=CCOc1ccc2ccccc2c1-c1c(OCC(=O)O)ccc2ccccc12. The van der Waals surface area contributed by atoms with Crippen LogP contribution in [-0.2, 0) is 4.79 Å². The van der Waals surface area contributed by atoms with Gasteiger partial charge in [0.05, 0.1) is 0 Å². The Kier molecular flexibility index (Phi) is 5.16. The van der Waals surface area contributed by atoms with Crippen molar-refractivity contribution in [3.8, 4) is 22.6 Å². The summed E-state index contributed by atoms with van der Waals surface area (Å²) in [6, 6.07) is 23.7. The highest BCUT2D eigenvalue weighted by atomic mass is 16.5. The van der Waals surface area contributed by atoms with E-state index in [1.54, 1.807) is 6.08 Å². The number of carboxylic acids is 1. The Bertz CT molecular complexity index is 1210. The van der Waals surface area contributed by atoms with Crippen LogP contribution in [0.25, 0.3) is 32.7 Å². The number of carboxylic acid groups (broad SMARTS) is 1. The Morgan fingerprint density at radius 3 is 1.83 bits per heavy atom. The predicted molar refractivity (Wildman–Crippen MR) is 116 cm³/mol. The van der Waals surface area contributed by atoms with E-state index in [4.69, 9.17) is 14.6 Å². The summed E-state index contributed by atoms with van der Waals surface area (Å²) in [5.41, 5.74) is 1.70. The standard InChI is InChI=1S/C25H20O4/c1-2-15-28-21-13-11-17-7-3-5-9-19(17)24(21)25-20-10-6-4-8-18(20)12-14-22(25)29-16-23(26)27/h2-14H,1,15-16H2,(H,26,27). The van der Waals surface area contributed by atoms with Gasteiger partial charge in [0.15, 0.2) is 6.61 Å². The van der Waals surface area contributed by atoms with Gasteiger partial charge in [-0.15, -0.1) is 0 Å². The van der Waals surface area contributed by atoms with Gasteiger partial charge in [0.2, 0.25) is 0 Å². The Morgan fingerprint density at radius 1 is 0.793 bits per heavy atom. The third-order valence-corrected chi connectivity index (χ3v) is 4.74. The molecule has 0 amide bonds. The predicted octanol–water partition coefficient (Wildman–Crippen LogP) is 5.69. The molecule has 0 aromatic heterocycles. The van der Waals surface area contributed by atoms with Crippen LogP contribution < -0.4 is 9.47 Å². The maximum Gasteiger partial charge on any atom is 0.341 e. The molecule has 0 saturated heterocycles. The van der Waals surface area contributed by atoms with E-state index in [1.165, 1.54) is 0 Å². The molecule has 0 unspecified atom stereocenters. The lowest BCUT2D eigenvalue weighted by Crippen LogP contribution is -2.10. The molecule has 0 radical (unpaired) electrons. The Hall–Kier alpha value is -3.79. The van der Waals surface area contributed by atoms with E-state index in [0.29, 0.717) is 18.1 Å². The highest BCUT2D eigenvalue weighted by Gasteiger charge is 2.19. The van der Waals surface area contributed by atoms with Crippen molar-refractivity contribution in [3.63, 3.8) is 0 Å². The van der Waals surface area contributed by atoms with Crippen LogP contribution in [-0.4, -0.2) is 24.3 Å². The highest BCUT2D eigenvalue weighted by molar-refractivity contribution is 6.09. The van der Waals surface area contributed by atoms with E-state index in [-0.39, 0.29) is 0 Å². The minimum absolute atomic E-state index is 0.363. The van der Waals surface area contributed by atoms with Gasteiger partial charge in [-0.3, -0.25) is 0 Å². The molecule has 29 heavy (non-hydrogen) atoms. The van der Waals surface area contributed by atoms with Crippen LogP contribution in [0, 0.1) is 0 Å². The van der Waals surface area contributed by atoms with Gasteiger partial charge < -0.3 is 14.6 Å². The van der Waals surface area contributed by atoms with Crippen molar-refractivity contribution in [3.05, 3.63) is 85.5 Å². The molecule has 0 saturated carbocycles. The third-order valence-electron chi connectivity index (χ3n) is 4.74. The van der Waals surface area contributed by atoms with Crippen molar-refractivity contribution in [1.82, 2.24) is 0 Å². The zero-order valence-electron chi connectivity index (χ0n) is 15.8. The molecule has 0 spiro atoms. The lowest BCUT2D eigenvalue weighted by molar-refractivity contribution is -0.139. The van der Waals surface area contributed by atoms with Crippen molar-refractivity contribution < 1.29 is 19.4 Å². The molecule has 0 heterocycles. The zero-order valence-corrected chi connectivity index (χ0v) is 15.8. The number of benzene rings is 4. The minimum atomic E-state index is -1.02. The number of ether oxygens (including phenoxy) is 2. The number of hydrogen-bond acceptors (Lipinski definition) is 3. The summed E-state index contributed by atoms with van der Waals surface area (Å²) in [4.78, 5) is 11.1. The quantitative estimate of drug-likeness (QED) is 0.416. The van der Waals surface area contributed by atoms with E-state index < -0.39 is 12.6 Å². The molecule has 0 aliphatic rings. The second kappa shape index (κ2) is 8.07. The molecule has 4 aromatic rings. The first-order valence-electron chi connectivity index (χ1n) is 9.31. The summed E-state index contributed by atoms with van der Waals surface area (Å²) in [6.07, 6.45) is 1.70. The van der Waals surface area contributed by atoms with Crippen LogP contribution in [0.5, 0.6) is 11.5 Å². The number of carbonyl (C=O) groups is 1. The van der Waals surface area contributed by atoms with E-state index in [2.05, 4.69) is 6.58 Å². The molecular formula is C25H20O4. The van der Waals surface area contributed by atoms with Crippen LogP contribution in [0.1, 0.15) is 0 Å². The van der Waals surface area contributed by atoms with Crippen LogP contribution in [0.3, 0.4) is 0 Å². The fourth-order valence-corrected chi connectivity index (χ4v) is 3.55. The maximum atomic E-state index is 11.1. The van der Waals surface area contributed by atoms with Gasteiger partial charge in [0, 0.05) is 11.1 Å². The number of aliphatic carboxylic acids is 1. The molecule has 4 heteroatoms. The van der Waals surface area contributed by atoms with Crippen molar-refractivity contribution in [1.29, 1.82) is 0 Å². The molecule has 4 rings (SSSR count). The summed E-state index contributed by atoms with van der Waals surface area (Å²) >= 11 is 0. The van der Waals surface area contributed by atoms with Crippen molar-refractivity contribution in [2.45, 2.75) is 0 Å². The van der Waals surface area contributed by atoms with Crippen molar-refractivity contribution >= 4 is 27.5 Å². The Labute approximate surface area is 168 Å². The van der Waals surface area contributed by atoms with E-state index in [9.17, 15) is 4.79 Å². The maximum absolute atomic E-state index is 11.1. The number of fused-ring (bicyclic) bond motifs is 2. The molecule has 0 bridgehead atoms. The first-order chi connectivity index (χ1) is 14.2. The second-order valence-electron chi connectivity index (χ2n) is 6.60. The van der Waals surface area contributed by atoms with Crippen molar-refractivity contribution in [2.24, 2.45) is 0 Å². The van der Waals surface area contributed by atoms with Crippen LogP contribution in [0.15, 0.2) is 85.5 Å². The van der Waals surface area contributed by atoms with E-state index >= 15 is 0 Å². The third kappa shape index (κ3) is 3.65. The monoisotopic (exact) mass is 384 g/mol. The minimum Gasteiger partial charge on any atom is -0.489 e. The largest absolute Gasteiger partial charge is 0.489 e. The fraction of sp³-hybridized carbons (Fsp3) is 0.0800. The van der Waals surface area contributed by atoms with Crippen LogP contribution in [0.4, 0.5) is 0 Å². The van der Waals surface area contributed by atoms with Crippen molar-refractivity contribution in [2.75, 3.05) is 13.2 Å². The Morgan fingerprint density at radius 2 is 1.31 bits per heavy atom. The summed E-state index contributed by atoms with van der Waals surface area (Å²) in [5, 5.41) is 13.2. The van der Waals surface area contributed by atoms with E-state index in [1.807, 2.05) is 72.8 Å². The average molecular weight is 384 g/mol. The first-order valence-corrected chi connectivity index (χ1v) is 9.31. The summed E-state index contributed by atoms with van der Waals surface area (Å²) in [7, 11) is 0. The van der Waals surface area contributed by atoms with Crippen LogP contribution >= 0.6 is 0 Å². The number of rotatable bonds is 7. The lowest BCUT2D eigenvalue weighted by atomic mass is 9.92. The Balaban J connectivity index is 2.07. The fourth-order valence-electron chi connectivity index (χ4n) is 3.55. The van der Waals surface area contributed by atoms with Gasteiger partial charge >= 0.3 is 5.97 Å². The second-order valence-corrected chi connectivity index (χ2v) is 6.60. The van der Waals surface area contributed by atoms with Gasteiger partial charge in [-0.2, -0.15) is 0 Å². The summed E-state index contributed by atoms with van der Waals surface area (Å²) in [5.74, 6) is 0.177. The molecule has 0 fully saturated rings.